The van der Waals surface area contributed by atoms with Crippen LogP contribution >= 0.6 is 58.0 Å². The van der Waals surface area contributed by atoms with Crippen LogP contribution < -0.4 is 20.3 Å². The second kappa shape index (κ2) is 16.8. The van der Waals surface area contributed by atoms with Crippen LogP contribution in [0.1, 0.15) is 10.5 Å². The highest BCUT2D eigenvalue weighted by Crippen LogP contribution is 2.38. The average molecular weight is 709 g/mol. The first kappa shape index (κ1) is 38.1. The van der Waals surface area contributed by atoms with Crippen molar-refractivity contribution in [2.24, 2.45) is 0 Å². The average Bonchev–Trinajstić information content (AvgIpc) is 2.89. The van der Waals surface area contributed by atoms with Crippen LogP contribution in [-0.4, -0.2) is 84.6 Å². The van der Waals surface area contributed by atoms with Gasteiger partial charge in [0.25, 0.3) is 0 Å². The highest BCUT2D eigenvalue weighted by Gasteiger charge is 2.25. The van der Waals surface area contributed by atoms with Crippen LogP contribution in [0.2, 0.25) is 25.2 Å². The van der Waals surface area contributed by atoms with Gasteiger partial charge < -0.3 is 39.8 Å². The Morgan fingerprint density at radius 3 is 2.09 bits per heavy atom. The van der Waals surface area contributed by atoms with Crippen LogP contribution in [0.15, 0.2) is 18.2 Å². The number of aromatic carboxylic acids is 1. The molecule has 0 saturated heterocycles. The minimum absolute atomic E-state index is 0.00980. The van der Waals surface area contributed by atoms with Crippen molar-refractivity contribution in [2.45, 2.75) is 0 Å². The van der Waals surface area contributed by atoms with Gasteiger partial charge >= 0.3 is 5.97 Å². The standard InChI is InChI=1S/C13H8Cl2F2N2O3.C7H4Cl3NO3.C5H14NO/c1-22-12-5(14)3-2-4(7(12)16)10-8(17)9(18)6(15)11(19-10)13(20)21;8-3-1-4(9)7(11-6(3)10)14-2-5(12)13;1-6(2,3)4-5-7/h2-3H,1H3,(H2,18,19)(H,20,21);1H,2H2,(H,12,13);7H,4-5H2,1-3H3/q;;+1/p-1. The smallest absolute Gasteiger partial charge is 0.356 e. The zero-order chi connectivity index (χ0) is 33.2. The number of halogens is 7. The Bertz CT molecular complexity index is 1480. The van der Waals surface area contributed by atoms with Gasteiger partial charge in [-0.3, -0.25) is 0 Å². The summed E-state index contributed by atoms with van der Waals surface area (Å²) in [5, 5.41) is 27.1. The molecule has 0 aliphatic rings. The number of pyridine rings is 2. The number of hydrogen-bond donors (Lipinski definition) is 3. The van der Waals surface area contributed by atoms with Gasteiger partial charge in [0.15, 0.2) is 28.2 Å². The Morgan fingerprint density at radius 2 is 1.63 bits per heavy atom. The summed E-state index contributed by atoms with van der Waals surface area (Å²) in [6, 6.07) is 3.69. The first-order valence-electron chi connectivity index (χ1n) is 11.5. The summed E-state index contributed by atoms with van der Waals surface area (Å²) >= 11 is 28.2. The largest absolute Gasteiger partial charge is 0.546 e. The molecule has 0 spiro atoms. The fourth-order valence-corrected chi connectivity index (χ4v) is 3.71. The maximum Gasteiger partial charge on any atom is 0.356 e. The maximum absolute atomic E-state index is 14.3. The second-order valence-electron chi connectivity index (χ2n) is 9.04. The first-order chi connectivity index (χ1) is 19.9. The summed E-state index contributed by atoms with van der Waals surface area (Å²) < 4.78 is 38.8. The van der Waals surface area contributed by atoms with Crippen LogP contribution in [0.4, 0.5) is 14.5 Å². The third-order valence-electron chi connectivity index (χ3n) is 4.78. The Balaban J connectivity index is 0.000000375. The number of likely N-dealkylation sites (N-methyl/N-ethyl adjacent to an activating group) is 1. The third-order valence-corrected chi connectivity index (χ3v) is 6.40. The summed E-state index contributed by atoms with van der Waals surface area (Å²) in [6.45, 7) is 0.466. The normalized spacial score (nSPS) is 10.6. The zero-order valence-corrected chi connectivity index (χ0v) is 26.6. The fourth-order valence-electron chi connectivity index (χ4n) is 2.74. The third kappa shape index (κ3) is 11.3. The van der Waals surface area contributed by atoms with Crippen molar-refractivity contribution in [3.63, 3.8) is 0 Å². The van der Waals surface area contributed by atoms with Gasteiger partial charge in [-0.15, -0.1) is 0 Å². The lowest BCUT2D eigenvalue weighted by Crippen LogP contribution is -2.36. The van der Waals surface area contributed by atoms with Crippen molar-refractivity contribution >= 4 is 75.6 Å². The number of methoxy groups -OCH3 is 1. The molecule has 236 valence electrons. The Morgan fingerprint density at radius 1 is 1.02 bits per heavy atom. The molecule has 0 fully saturated rings. The minimum atomic E-state index is -1.53. The predicted molar refractivity (Wildman–Crippen MR) is 157 cm³/mol. The van der Waals surface area contributed by atoms with Crippen molar-refractivity contribution in [1.82, 2.24) is 9.97 Å². The molecule has 0 atom stereocenters. The Labute approximate surface area is 269 Å². The van der Waals surface area contributed by atoms with Gasteiger partial charge in [-0.2, -0.15) is 4.98 Å². The van der Waals surface area contributed by atoms with Crippen molar-refractivity contribution in [3.05, 3.63) is 60.8 Å². The SMILES string of the molecule is COc1c(Cl)ccc(-c2nc(C(=O)O)c(Cl)c(N)c2F)c1F.C[N+](C)(C)CCO.O=C([O-])COc1nc(Cl)c(Cl)cc1Cl. The van der Waals surface area contributed by atoms with Crippen LogP contribution in [0.5, 0.6) is 11.6 Å². The number of aromatic nitrogens is 2. The van der Waals surface area contributed by atoms with E-state index in [9.17, 15) is 23.5 Å². The molecular weight excluding hydrogens is 684 g/mol. The number of carbonyl (C=O) groups is 2. The van der Waals surface area contributed by atoms with E-state index in [0.717, 1.165) is 17.1 Å². The molecule has 0 radical (unpaired) electrons. The van der Waals surface area contributed by atoms with Gasteiger partial charge in [0.2, 0.25) is 5.88 Å². The number of quaternary nitrogens is 1. The van der Waals surface area contributed by atoms with E-state index >= 15 is 0 Å². The van der Waals surface area contributed by atoms with Gasteiger partial charge in [-0.05, 0) is 18.2 Å². The number of nitrogens with zero attached hydrogens (tertiary/aromatic N) is 3. The van der Waals surface area contributed by atoms with Crippen molar-refractivity contribution in [3.8, 4) is 22.9 Å². The van der Waals surface area contributed by atoms with E-state index in [-0.39, 0.29) is 44.0 Å². The van der Waals surface area contributed by atoms with Gasteiger partial charge in [0.05, 0.1) is 61.6 Å². The van der Waals surface area contributed by atoms with Crippen LogP contribution in [0, 0.1) is 11.6 Å². The zero-order valence-electron chi connectivity index (χ0n) is 22.9. The van der Waals surface area contributed by atoms with E-state index in [2.05, 4.69) is 35.8 Å². The molecule has 4 N–H and O–H groups in total. The molecule has 11 nitrogen and oxygen atoms in total. The number of aliphatic hydroxyl groups is 1. The number of rotatable bonds is 8. The van der Waals surface area contributed by atoms with Gasteiger partial charge in [0.1, 0.15) is 23.9 Å². The van der Waals surface area contributed by atoms with Gasteiger partial charge in [-0.1, -0.05) is 58.0 Å². The molecule has 0 aliphatic carbocycles. The van der Waals surface area contributed by atoms with Crippen molar-refractivity contribution in [1.29, 1.82) is 0 Å². The van der Waals surface area contributed by atoms with E-state index in [4.69, 9.17) is 78.7 Å². The highest BCUT2D eigenvalue weighted by molar-refractivity contribution is 6.42. The number of aliphatic carboxylic acids is 1. The number of aliphatic hydroxyl groups excluding tert-OH is 1. The van der Waals surface area contributed by atoms with Crippen molar-refractivity contribution in [2.75, 3.05) is 53.7 Å². The maximum atomic E-state index is 14.3. The lowest BCUT2D eigenvalue weighted by Gasteiger charge is -2.21. The minimum Gasteiger partial charge on any atom is -0.546 e. The summed E-state index contributed by atoms with van der Waals surface area (Å²) in [5.74, 6) is -5.47. The van der Waals surface area contributed by atoms with E-state index in [0.29, 0.717) is 0 Å². The van der Waals surface area contributed by atoms with Crippen LogP contribution in [0.25, 0.3) is 11.3 Å². The number of anilines is 1. The van der Waals surface area contributed by atoms with Gasteiger partial charge in [-0.25, -0.2) is 18.6 Å². The molecule has 3 rings (SSSR count). The monoisotopic (exact) mass is 706 g/mol. The topological polar surface area (TPSA) is 168 Å². The lowest BCUT2D eigenvalue weighted by atomic mass is 10.1. The summed E-state index contributed by atoms with van der Waals surface area (Å²) in [6.07, 6.45) is 0. The molecule has 2 aromatic heterocycles. The molecule has 0 unspecified atom stereocenters. The van der Waals surface area contributed by atoms with Crippen LogP contribution in [0.3, 0.4) is 0 Å². The van der Waals surface area contributed by atoms with E-state index in [1.54, 1.807) is 0 Å². The Kier molecular flexibility index (Phi) is 14.9. The van der Waals surface area contributed by atoms with Crippen LogP contribution in [-0.2, 0) is 4.79 Å². The molecule has 3 aromatic rings. The fraction of sp³-hybridized carbons (Fsp3) is 0.280. The molecule has 0 amide bonds. The molecule has 0 saturated carbocycles. The van der Waals surface area contributed by atoms with E-state index < -0.39 is 52.3 Å². The molecule has 18 heteroatoms. The highest BCUT2D eigenvalue weighted by atomic mass is 35.5. The van der Waals surface area contributed by atoms with E-state index in [1.165, 1.54) is 19.2 Å². The predicted octanol–water partition coefficient (Wildman–Crippen LogP) is 4.48. The number of carboxylic acids is 2. The number of nitrogen functional groups attached to an aromatic ring is 1. The number of carboxylic acid groups (broad SMARTS) is 2. The second-order valence-corrected chi connectivity index (χ2v) is 11.0. The Hall–Kier alpha value is -2.91. The molecule has 2 heterocycles. The molecule has 1 aromatic carbocycles. The van der Waals surface area contributed by atoms with E-state index in [1.807, 2.05) is 0 Å². The number of nitrogens with two attached hydrogens (primary N) is 1. The summed E-state index contributed by atoms with van der Waals surface area (Å²) in [7, 11) is 7.33. The summed E-state index contributed by atoms with van der Waals surface area (Å²) in [5.41, 5.74) is 3.13. The number of benzene rings is 1. The molecule has 0 bridgehead atoms. The summed E-state index contributed by atoms with van der Waals surface area (Å²) in [4.78, 5) is 28.3. The number of ether oxygens (including phenoxy) is 2. The molecular formula is C25H25Cl5F2N4O7. The van der Waals surface area contributed by atoms with Gasteiger partial charge in [0, 0.05) is 5.56 Å². The quantitative estimate of drug-likeness (QED) is 0.224. The van der Waals surface area contributed by atoms with Crippen molar-refractivity contribution < 1.29 is 47.6 Å². The molecule has 0 aliphatic heterocycles. The lowest BCUT2D eigenvalue weighted by molar-refractivity contribution is -0.870. The molecule has 43 heavy (non-hydrogen) atoms. The number of carbonyl (C=O) groups excluding carboxylic acids is 1. The number of hydrogen-bond acceptors (Lipinski definition) is 9. The first-order valence-corrected chi connectivity index (χ1v) is 13.4.